The van der Waals surface area contributed by atoms with Gasteiger partial charge in [-0.05, 0) is 0 Å². The summed E-state index contributed by atoms with van der Waals surface area (Å²) in [7, 11) is 0. The van der Waals surface area contributed by atoms with Crippen LogP contribution in [-0.4, -0.2) is 23.6 Å². The van der Waals surface area contributed by atoms with Crippen molar-refractivity contribution in [3.05, 3.63) is 35.9 Å². The molecule has 0 saturated carbocycles. The molecule has 0 atom stereocenters. The number of halogens is 1. The largest absolute Gasteiger partial charge is 1.00 e. The highest BCUT2D eigenvalue weighted by Crippen LogP contribution is 2.04. The van der Waals surface area contributed by atoms with E-state index < -0.39 is 0 Å². The SMILES string of the molecule is CC1=[N+](Cc2ccccc2)CCO1.[Br-]. The predicted octanol–water partition coefficient (Wildman–Crippen LogP) is -1.35. The molecule has 1 heterocycles. The molecular weight excluding hydrogens is 242 g/mol. The number of benzene rings is 1. The highest BCUT2D eigenvalue weighted by atomic mass is 79.9. The summed E-state index contributed by atoms with van der Waals surface area (Å²) in [6.07, 6.45) is 0. The molecule has 0 N–H and O–H groups in total. The van der Waals surface area contributed by atoms with Crippen LogP contribution in [0.5, 0.6) is 0 Å². The van der Waals surface area contributed by atoms with Crippen molar-refractivity contribution in [3.8, 4) is 0 Å². The van der Waals surface area contributed by atoms with E-state index in [1.54, 1.807) is 0 Å². The minimum absolute atomic E-state index is 0. The van der Waals surface area contributed by atoms with Gasteiger partial charge in [0.2, 0.25) is 0 Å². The molecule has 1 aromatic rings. The van der Waals surface area contributed by atoms with Crippen LogP contribution in [-0.2, 0) is 11.3 Å². The minimum Gasteiger partial charge on any atom is -1.00 e. The molecular formula is C11H14BrNO. The molecule has 76 valence electrons. The van der Waals surface area contributed by atoms with Gasteiger partial charge in [-0.2, -0.15) is 4.58 Å². The first-order valence-corrected chi connectivity index (χ1v) is 4.61. The molecule has 1 aliphatic heterocycles. The average molecular weight is 256 g/mol. The smallest absolute Gasteiger partial charge is 0.333 e. The lowest BCUT2D eigenvalue weighted by Crippen LogP contribution is -3.00. The third-order valence-corrected chi connectivity index (χ3v) is 2.33. The summed E-state index contributed by atoms with van der Waals surface area (Å²) in [5.74, 6) is 1.05. The zero-order valence-electron chi connectivity index (χ0n) is 8.24. The van der Waals surface area contributed by atoms with Gasteiger partial charge in [0.15, 0.2) is 19.7 Å². The second kappa shape index (κ2) is 5.15. The Hall–Kier alpha value is -0.830. The summed E-state index contributed by atoms with van der Waals surface area (Å²) in [5.41, 5.74) is 1.34. The Bertz CT molecular complexity index is 321. The number of hydrogen-bond acceptors (Lipinski definition) is 1. The van der Waals surface area contributed by atoms with Gasteiger partial charge in [-0.15, -0.1) is 0 Å². The first-order chi connectivity index (χ1) is 6.36. The molecule has 0 radical (unpaired) electrons. The highest BCUT2D eigenvalue weighted by molar-refractivity contribution is 5.68. The Balaban J connectivity index is 0.000000980. The normalized spacial score (nSPS) is 14.9. The Morgan fingerprint density at radius 2 is 2.00 bits per heavy atom. The van der Waals surface area contributed by atoms with Crippen molar-refractivity contribution >= 4 is 5.90 Å². The zero-order chi connectivity index (χ0) is 9.10. The summed E-state index contributed by atoms with van der Waals surface area (Å²) in [4.78, 5) is 0. The molecule has 2 rings (SSSR count). The van der Waals surface area contributed by atoms with Gasteiger partial charge in [-0.1, -0.05) is 30.3 Å². The molecule has 0 unspecified atom stereocenters. The lowest BCUT2D eigenvalue weighted by molar-refractivity contribution is -0.535. The van der Waals surface area contributed by atoms with E-state index in [0.29, 0.717) is 0 Å². The Morgan fingerprint density at radius 3 is 2.57 bits per heavy atom. The first kappa shape index (κ1) is 11.2. The maximum atomic E-state index is 5.38. The second-order valence-corrected chi connectivity index (χ2v) is 3.27. The lowest BCUT2D eigenvalue weighted by Gasteiger charge is -1.97. The van der Waals surface area contributed by atoms with Crippen molar-refractivity contribution < 1.29 is 26.3 Å². The Morgan fingerprint density at radius 1 is 1.29 bits per heavy atom. The van der Waals surface area contributed by atoms with Crippen molar-refractivity contribution in [2.45, 2.75) is 13.5 Å². The van der Waals surface area contributed by atoms with E-state index in [-0.39, 0.29) is 17.0 Å². The van der Waals surface area contributed by atoms with Crippen LogP contribution < -0.4 is 17.0 Å². The molecule has 0 amide bonds. The lowest BCUT2D eigenvalue weighted by atomic mass is 10.2. The molecule has 1 aliphatic rings. The first-order valence-electron chi connectivity index (χ1n) is 4.61. The van der Waals surface area contributed by atoms with Crippen LogP contribution in [0.15, 0.2) is 30.3 Å². The minimum atomic E-state index is 0. The van der Waals surface area contributed by atoms with Gasteiger partial charge in [-0.25, -0.2) is 0 Å². The fourth-order valence-corrected chi connectivity index (χ4v) is 1.55. The topological polar surface area (TPSA) is 12.2 Å². The van der Waals surface area contributed by atoms with Crippen molar-refractivity contribution in [1.82, 2.24) is 0 Å². The molecule has 3 heteroatoms. The van der Waals surface area contributed by atoms with Gasteiger partial charge in [0.1, 0.15) is 0 Å². The van der Waals surface area contributed by atoms with E-state index >= 15 is 0 Å². The van der Waals surface area contributed by atoms with Crippen LogP contribution in [0, 0.1) is 0 Å². The van der Waals surface area contributed by atoms with E-state index in [9.17, 15) is 0 Å². The van der Waals surface area contributed by atoms with Gasteiger partial charge in [-0.3, -0.25) is 0 Å². The third-order valence-electron chi connectivity index (χ3n) is 2.33. The van der Waals surface area contributed by atoms with Crippen LogP contribution in [0.3, 0.4) is 0 Å². The summed E-state index contributed by atoms with van der Waals surface area (Å²) in [6, 6.07) is 10.5. The van der Waals surface area contributed by atoms with Gasteiger partial charge < -0.3 is 21.7 Å². The molecule has 0 aliphatic carbocycles. The molecule has 0 spiro atoms. The predicted molar refractivity (Wildman–Crippen MR) is 51.9 cm³/mol. The zero-order valence-corrected chi connectivity index (χ0v) is 9.83. The van der Waals surface area contributed by atoms with Gasteiger partial charge in [0.05, 0.1) is 6.92 Å². The quantitative estimate of drug-likeness (QED) is 0.596. The Labute approximate surface area is 95.0 Å². The van der Waals surface area contributed by atoms with Crippen LogP contribution in [0.4, 0.5) is 0 Å². The Kier molecular flexibility index (Phi) is 4.14. The van der Waals surface area contributed by atoms with Crippen molar-refractivity contribution in [2.24, 2.45) is 0 Å². The summed E-state index contributed by atoms with van der Waals surface area (Å²) < 4.78 is 7.64. The molecule has 0 fully saturated rings. The summed E-state index contributed by atoms with van der Waals surface area (Å²) in [5, 5.41) is 0. The van der Waals surface area contributed by atoms with Crippen LogP contribution >= 0.6 is 0 Å². The van der Waals surface area contributed by atoms with Gasteiger partial charge >= 0.3 is 5.90 Å². The van der Waals surface area contributed by atoms with E-state index in [0.717, 1.165) is 25.6 Å². The summed E-state index contributed by atoms with van der Waals surface area (Å²) in [6.45, 7) is 4.84. The molecule has 1 aromatic carbocycles. The van der Waals surface area contributed by atoms with Gasteiger partial charge in [0.25, 0.3) is 0 Å². The highest BCUT2D eigenvalue weighted by Gasteiger charge is 2.18. The number of rotatable bonds is 2. The number of hydrogen-bond donors (Lipinski definition) is 0. The van der Waals surface area contributed by atoms with Crippen LogP contribution in [0.2, 0.25) is 0 Å². The van der Waals surface area contributed by atoms with Crippen LogP contribution in [0.25, 0.3) is 0 Å². The standard InChI is InChI=1S/C11H14NO.BrH/c1-10-12(7-8-13-10)9-11-5-3-2-4-6-11;/h2-6H,7-9H2,1H3;1H/q+1;/p-1. The molecule has 14 heavy (non-hydrogen) atoms. The monoisotopic (exact) mass is 255 g/mol. The van der Waals surface area contributed by atoms with Gasteiger partial charge in [0, 0.05) is 5.56 Å². The van der Waals surface area contributed by atoms with Crippen LogP contribution in [0.1, 0.15) is 12.5 Å². The summed E-state index contributed by atoms with van der Waals surface area (Å²) >= 11 is 0. The molecule has 0 aromatic heterocycles. The maximum Gasteiger partial charge on any atom is 0.333 e. The fraction of sp³-hybridized carbons (Fsp3) is 0.364. The van der Waals surface area contributed by atoms with E-state index in [2.05, 4.69) is 28.8 Å². The molecule has 0 bridgehead atoms. The number of ether oxygens (including phenoxy) is 1. The third kappa shape index (κ3) is 2.58. The van der Waals surface area contributed by atoms with Crippen molar-refractivity contribution in [2.75, 3.05) is 13.2 Å². The van der Waals surface area contributed by atoms with E-state index in [1.165, 1.54) is 5.56 Å². The van der Waals surface area contributed by atoms with Crippen molar-refractivity contribution in [1.29, 1.82) is 0 Å². The van der Waals surface area contributed by atoms with Crippen molar-refractivity contribution in [3.63, 3.8) is 0 Å². The molecule has 2 nitrogen and oxygen atoms in total. The molecule has 0 saturated heterocycles. The maximum absolute atomic E-state index is 5.38. The second-order valence-electron chi connectivity index (χ2n) is 3.27. The average Bonchev–Trinajstić information content (AvgIpc) is 2.54. The fourth-order valence-electron chi connectivity index (χ4n) is 1.55. The number of nitrogens with zero attached hydrogens (tertiary/aromatic N) is 1. The van der Waals surface area contributed by atoms with E-state index in [1.807, 2.05) is 13.0 Å². The van der Waals surface area contributed by atoms with E-state index in [4.69, 9.17) is 4.74 Å².